The highest BCUT2D eigenvalue weighted by Gasteiger charge is 2.58. The van der Waals surface area contributed by atoms with Crippen molar-refractivity contribution < 1.29 is 19.1 Å². The summed E-state index contributed by atoms with van der Waals surface area (Å²) in [5.41, 5.74) is 2.02. The van der Waals surface area contributed by atoms with Crippen molar-refractivity contribution in [1.82, 2.24) is 15.1 Å². The number of rotatable bonds is 7. The Labute approximate surface area is 248 Å². The lowest BCUT2D eigenvalue weighted by molar-refractivity contribution is -0.124. The maximum atomic E-state index is 14.5. The number of carbonyl (C=O) groups excluding carboxylic acids is 3. The maximum absolute atomic E-state index is 14.5. The number of nitrogens with one attached hydrogen (secondary N) is 3. The molecule has 214 valence electrons. The normalized spacial score (nSPS) is 20.5. The third kappa shape index (κ3) is 4.74. The summed E-state index contributed by atoms with van der Waals surface area (Å²) in [6, 6.07) is 15.0. The van der Waals surface area contributed by atoms with E-state index in [0.29, 0.717) is 58.4 Å². The summed E-state index contributed by atoms with van der Waals surface area (Å²) in [5, 5.41) is 15.0. The second-order valence-corrected chi connectivity index (χ2v) is 19.1. The molecule has 1 aliphatic carbocycles. The summed E-state index contributed by atoms with van der Waals surface area (Å²) < 4.78 is 7.03. The van der Waals surface area contributed by atoms with Gasteiger partial charge in [-0.2, -0.15) is 5.10 Å². The average molecular weight is 608 g/mol. The first-order valence-electron chi connectivity index (χ1n) is 14.0. The summed E-state index contributed by atoms with van der Waals surface area (Å²) in [5.74, 6) is -0.617. The van der Waals surface area contributed by atoms with Gasteiger partial charge in [0, 0.05) is 53.1 Å². The van der Waals surface area contributed by atoms with Gasteiger partial charge in [-0.1, -0.05) is 42.8 Å². The highest BCUT2D eigenvalue weighted by atomic mass is 35.5. The molecule has 2 aliphatic heterocycles. The van der Waals surface area contributed by atoms with Gasteiger partial charge in [0.2, 0.25) is 11.8 Å². The van der Waals surface area contributed by atoms with Crippen LogP contribution >= 0.6 is 11.6 Å². The predicted octanol–water partition coefficient (Wildman–Crippen LogP) is 1.73. The molecule has 3 aromatic rings. The van der Waals surface area contributed by atoms with E-state index < -0.39 is 19.0 Å². The molecule has 12 heteroatoms. The van der Waals surface area contributed by atoms with Crippen LogP contribution in [-0.2, 0) is 26.8 Å². The Hall–Kier alpha value is -3.26. The Morgan fingerprint density at radius 3 is 2.54 bits per heavy atom. The monoisotopic (exact) mass is 607 g/mol. The number of halogens is 1. The standard InChI is InChI=1S/C29H34ClN5O4Si2/c1-27(10-11-27)41(23-6-4-3-5-20(23)30)29(40,34-24(36)22-9-14-31-35(22)2)26(38)32-18-7-8-19-21(17-18)33-25(37)28(19)12-15-39-16-13-28/h3-9,14,17,41H,10-13,15-16H2,1-2,40H3,(H,32,38)(H,33,37)(H,34,36)/t29-,41-/m1/s1. The molecule has 9 nitrogen and oxygen atoms in total. The molecule has 3 heterocycles. The van der Waals surface area contributed by atoms with Crippen molar-refractivity contribution in [2.24, 2.45) is 7.05 Å². The Kier molecular flexibility index (Phi) is 6.96. The van der Waals surface area contributed by atoms with Crippen molar-refractivity contribution in [3.8, 4) is 0 Å². The summed E-state index contributed by atoms with van der Waals surface area (Å²) in [6.45, 7) is 3.29. The Bertz CT molecular complexity index is 1550. The van der Waals surface area contributed by atoms with Crippen LogP contribution in [0.1, 0.15) is 48.7 Å². The number of benzene rings is 2. The van der Waals surface area contributed by atoms with Gasteiger partial charge >= 0.3 is 0 Å². The zero-order chi connectivity index (χ0) is 29.0. The zero-order valence-corrected chi connectivity index (χ0v) is 27.3. The van der Waals surface area contributed by atoms with Crippen LogP contribution in [0.25, 0.3) is 0 Å². The molecule has 2 atom stereocenters. The lowest BCUT2D eigenvalue weighted by Crippen LogP contribution is -2.72. The molecule has 1 spiro atoms. The maximum Gasteiger partial charge on any atom is 0.269 e. The lowest BCUT2D eigenvalue weighted by Gasteiger charge is -2.40. The number of fused-ring (bicyclic) bond motifs is 2. The Morgan fingerprint density at radius 2 is 1.88 bits per heavy atom. The highest BCUT2D eigenvalue weighted by molar-refractivity contribution is 6.90. The van der Waals surface area contributed by atoms with Crippen LogP contribution in [-0.4, -0.2) is 64.5 Å². The van der Waals surface area contributed by atoms with E-state index >= 15 is 0 Å². The van der Waals surface area contributed by atoms with Gasteiger partial charge in [0.25, 0.3) is 5.91 Å². The SMILES string of the molecule is Cn1nccc1C(=O)N[C@@]([SiH3])(C(=O)Nc1ccc2c(c1)NC(=O)C21CCOCC1)[Si@H](c1ccccc1Cl)C1(C)CC1. The largest absolute Gasteiger partial charge is 0.381 e. The van der Waals surface area contributed by atoms with Crippen LogP contribution < -0.4 is 21.1 Å². The van der Waals surface area contributed by atoms with Crippen molar-refractivity contribution in [2.75, 3.05) is 23.8 Å². The zero-order valence-electron chi connectivity index (χ0n) is 23.4. The van der Waals surface area contributed by atoms with Gasteiger partial charge in [-0.3, -0.25) is 19.1 Å². The molecule has 6 rings (SSSR count). The molecule has 0 bridgehead atoms. The van der Waals surface area contributed by atoms with E-state index in [-0.39, 0.29) is 22.8 Å². The van der Waals surface area contributed by atoms with Gasteiger partial charge in [0.15, 0.2) is 0 Å². The van der Waals surface area contributed by atoms with Crippen LogP contribution in [0.5, 0.6) is 0 Å². The van der Waals surface area contributed by atoms with E-state index in [1.165, 1.54) is 4.68 Å². The first-order valence-corrected chi connectivity index (χ1v) is 17.1. The molecule has 2 fully saturated rings. The Balaban J connectivity index is 1.37. The van der Waals surface area contributed by atoms with Gasteiger partial charge in [-0.05, 0) is 65.7 Å². The fourth-order valence-electron chi connectivity index (χ4n) is 6.72. The molecule has 3 amide bonds. The van der Waals surface area contributed by atoms with Crippen LogP contribution in [0.4, 0.5) is 11.4 Å². The highest BCUT2D eigenvalue weighted by Crippen LogP contribution is 2.57. The van der Waals surface area contributed by atoms with E-state index in [2.05, 4.69) is 28.0 Å². The minimum atomic E-state index is -2.30. The molecule has 3 aliphatic rings. The number of nitrogens with zero attached hydrogens (tertiary/aromatic N) is 2. The van der Waals surface area contributed by atoms with Crippen molar-refractivity contribution >= 4 is 64.9 Å². The quantitative estimate of drug-likeness (QED) is 0.354. The van der Waals surface area contributed by atoms with E-state index in [1.807, 2.05) is 42.5 Å². The average Bonchev–Trinajstić information content (AvgIpc) is 3.43. The van der Waals surface area contributed by atoms with Crippen molar-refractivity contribution in [2.45, 2.75) is 47.8 Å². The molecule has 3 N–H and O–H groups in total. The van der Waals surface area contributed by atoms with Crippen molar-refractivity contribution in [1.29, 1.82) is 0 Å². The lowest BCUT2D eigenvalue weighted by atomic mass is 9.75. The molecule has 1 saturated carbocycles. The molecular weight excluding hydrogens is 574 g/mol. The van der Waals surface area contributed by atoms with Crippen LogP contribution in [0.2, 0.25) is 10.1 Å². The summed E-state index contributed by atoms with van der Waals surface area (Å²) in [7, 11) is -0.232. The minimum absolute atomic E-state index is 0.0205. The van der Waals surface area contributed by atoms with E-state index in [9.17, 15) is 14.4 Å². The number of hydrogen-bond donors (Lipinski definition) is 3. The number of hydrogen-bond acceptors (Lipinski definition) is 5. The van der Waals surface area contributed by atoms with E-state index in [0.717, 1.165) is 23.6 Å². The van der Waals surface area contributed by atoms with E-state index in [4.69, 9.17) is 16.3 Å². The summed E-state index contributed by atoms with van der Waals surface area (Å²) in [6.07, 6.45) is 4.78. The molecule has 0 unspecified atom stereocenters. The van der Waals surface area contributed by atoms with Gasteiger partial charge in [-0.15, -0.1) is 0 Å². The molecule has 0 radical (unpaired) electrons. The number of ether oxygens (including phenoxy) is 1. The topological polar surface area (TPSA) is 114 Å². The summed E-state index contributed by atoms with van der Waals surface area (Å²) >= 11 is 6.78. The van der Waals surface area contributed by atoms with Gasteiger partial charge in [0.1, 0.15) is 14.5 Å². The van der Waals surface area contributed by atoms with Crippen LogP contribution in [0, 0.1) is 0 Å². The fourth-order valence-corrected chi connectivity index (χ4v) is 15.3. The van der Waals surface area contributed by atoms with Crippen molar-refractivity contribution in [3.63, 3.8) is 0 Å². The fraction of sp³-hybridized carbons (Fsp3) is 0.379. The van der Waals surface area contributed by atoms with Crippen molar-refractivity contribution in [3.05, 3.63) is 71.0 Å². The molecule has 41 heavy (non-hydrogen) atoms. The second kappa shape index (κ2) is 10.2. The van der Waals surface area contributed by atoms with Gasteiger partial charge in [-0.25, -0.2) is 0 Å². The third-order valence-electron chi connectivity index (χ3n) is 9.25. The molecule has 1 saturated heterocycles. The van der Waals surface area contributed by atoms with Crippen LogP contribution in [0.3, 0.4) is 0 Å². The Morgan fingerprint density at radius 1 is 1.15 bits per heavy atom. The molecule has 2 aromatic carbocycles. The molecule has 1 aromatic heterocycles. The van der Waals surface area contributed by atoms with E-state index in [1.54, 1.807) is 19.3 Å². The summed E-state index contributed by atoms with van der Waals surface area (Å²) in [4.78, 5) is 40.0. The second-order valence-electron chi connectivity index (χ2n) is 12.0. The number of anilines is 2. The number of carbonyl (C=O) groups is 3. The third-order valence-corrected chi connectivity index (χ3v) is 16.9. The smallest absolute Gasteiger partial charge is 0.269 e. The first-order chi connectivity index (χ1) is 19.6. The van der Waals surface area contributed by atoms with Gasteiger partial charge in [0.05, 0.1) is 10.2 Å². The minimum Gasteiger partial charge on any atom is -0.381 e. The number of aromatic nitrogens is 2. The predicted molar refractivity (Wildman–Crippen MR) is 165 cm³/mol. The van der Waals surface area contributed by atoms with Gasteiger partial charge < -0.3 is 20.7 Å². The first kappa shape index (κ1) is 27.9. The number of amides is 3. The van der Waals surface area contributed by atoms with Crippen LogP contribution in [0.15, 0.2) is 54.7 Å². The molecular formula is C29H34ClN5O4Si2. The number of aryl methyl sites for hydroxylation is 1.